The molecule has 68 valence electrons. The Morgan fingerprint density at radius 2 is 1.92 bits per heavy atom. The third-order valence-corrected chi connectivity index (χ3v) is 1.56. The van der Waals surface area contributed by atoms with Gasteiger partial charge in [-0.3, -0.25) is 4.79 Å². The van der Waals surface area contributed by atoms with E-state index in [0.717, 1.165) is 19.8 Å². The summed E-state index contributed by atoms with van der Waals surface area (Å²) in [5, 5.41) is 7.42. The SMILES string of the molecule is CC(=O)O.O=C=NC1CCCC1. The van der Waals surface area contributed by atoms with E-state index in [1.165, 1.54) is 12.8 Å². The molecule has 4 heteroatoms. The molecule has 1 aliphatic carbocycles. The van der Waals surface area contributed by atoms with Crippen LogP contribution in [-0.4, -0.2) is 23.2 Å². The van der Waals surface area contributed by atoms with Gasteiger partial charge in [-0.05, 0) is 12.8 Å². The summed E-state index contributed by atoms with van der Waals surface area (Å²) < 4.78 is 0. The molecule has 0 aromatic carbocycles. The first-order chi connectivity index (χ1) is 5.66. The molecule has 0 unspecified atom stereocenters. The molecule has 1 fully saturated rings. The highest BCUT2D eigenvalue weighted by atomic mass is 16.4. The number of carboxylic acid groups (broad SMARTS) is 1. The zero-order valence-electron chi connectivity index (χ0n) is 7.12. The van der Waals surface area contributed by atoms with Crippen molar-refractivity contribution in [1.29, 1.82) is 0 Å². The largest absolute Gasteiger partial charge is 0.481 e. The second-order valence-corrected chi connectivity index (χ2v) is 2.68. The molecule has 1 aliphatic rings. The smallest absolute Gasteiger partial charge is 0.300 e. The lowest BCUT2D eigenvalue weighted by molar-refractivity contribution is -0.134. The zero-order chi connectivity index (χ0) is 9.40. The van der Waals surface area contributed by atoms with Crippen molar-refractivity contribution in [2.24, 2.45) is 4.99 Å². The molecule has 0 radical (unpaired) electrons. The Morgan fingerprint density at radius 1 is 1.50 bits per heavy atom. The number of carbonyl (C=O) groups excluding carboxylic acids is 1. The van der Waals surface area contributed by atoms with Gasteiger partial charge in [0.1, 0.15) is 0 Å². The van der Waals surface area contributed by atoms with Crippen molar-refractivity contribution in [2.45, 2.75) is 38.6 Å². The van der Waals surface area contributed by atoms with Gasteiger partial charge < -0.3 is 5.11 Å². The average molecular weight is 171 g/mol. The summed E-state index contributed by atoms with van der Waals surface area (Å²) in [7, 11) is 0. The highest BCUT2D eigenvalue weighted by molar-refractivity contribution is 5.62. The molecule has 0 aromatic rings. The van der Waals surface area contributed by atoms with Crippen LogP contribution in [0.4, 0.5) is 0 Å². The first-order valence-corrected chi connectivity index (χ1v) is 3.93. The number of isocyanates is 1. The number of aliphatic carboxylic acids is 1. The molecule has 0 heterocycles. The summed E-state index contributed by atoms with van der Waals surface area (Å²) in [5.41, 5.74) is 0. The Balaban J connectivity index is 0.000000261. The minimum atomic E-state index is -0.833. The highest BCUT2D eigenvalue weighted by Crippen LogP contribution is 2.19. The Bertz CT molecular complexity index is 175. The van der Waals surface area contributed by atoms with Crippen LogP contribution in [-0.2, 0) is 9.59 Å². The van der Waals surface area contributed by atoms with E-state index in [0.29, 0.717) is 6.04 Å². The van der Waals surface area contributed by atoms with Crippen LogP contribution in [0.3, 0.4) is 0 Å². The summed E-state index contributed by atoms with van der Waals surface area (Å²) in [6, 6.07) is 0.312. The van der Waals surface area contributed by atoms with Gasteiger partial charge in [0.15, 0.2) is 0 Å². The van der Waals surface area contributed by atoms with Crippen LogP contribution in [0, 0.1) is 0 Å². The fraction of sp³-hybridized carbons (Fsp3) is 0.750. The van der Waals surface area contributed by atoms with Gasteiger partial charge in [-0.2, -0.15) is 0 Å². The predicted octanol–water partition coefficient (Wildman–Crippen LogP) is 1.36. The fourth-order valence-corrected chi connectivity index (χ4v) is 1.11. The lowest BCUT2D eigenvalue weighted by atomic mass is 10.3. The Morgan fingerprint density at radius 3 is 2.25 bits per heavy atom. The molecule has 0 spiro atoms. The Hall–Kier alpha value is -1.15. The van der Waals surface area contributed by atoms with Crippen LogP contribution in [0.2, 0.25) is 0 Å². The van der Waals surface area contributed by atoms with Crippen LogP contribution in [0.25, 0.3) is 0 Å². The summed E-state index contributed by atoms with van der Waals surface area (Å²) in [6.07, 6.45) is 6.23. The summed E-state index contributed by atoms with van der Waals surface area (Å²) >= 11 is 0. The van der Waals surface area contributed by atoms with Crippen LogP contribution >= 0.6 is 0 Å². The van der Waals surface area contributed by atoms with Gasteiger partial charge in [-0.15, -0.1) is 0 Å². The van der Waals surface area contributed by atoms with Crippen LogP contribution in [0.5, 0.6) is 0 Å². The van der Waals surface area contributed by atoms with E-state index >= 15 is 0 Å². The first-order valence-electron chi connectivity index (χ1n) is 3.93. The van der Waals surface area contributed by atoms with E-state index in [-0.39, 0.29) is 0 Å². The molecule has 0 atom stereocenters. The summed E-state index contributed by atoms with van der Waals surface area (Å²) in [5.74, 6) is -0.833. The van der Waals surface area contributed by atoms with Crippen molar-refractivity contribution in [3.05, 3.63) is 0 Å². The van der Waals surface area contributed by atoms with E-state index in [1.807, 2.05) is 0 Å². The van der Waals surface area contributed by atoms with Crippen molar-refractivity contribution in [3.8, 4) is 0 Å². The molecule has 12 heavy (non-hydrogen) atoms. The number of nitrogens with zero attached hydrogens (tertiary/aromatic N) is 1. The van der Waals surface area contributed by atoms with E-state index in [9.17, 15) is 4.79 Å². The van der Waals surface area contributed by atoms with E-state index in [2.05, 4.69) is 4.99 Å². The van der Waals surface area contributed by atoms with E-state index < -0.39 is 5.97 Å². The lowest BCUT2D eigenvalue weighted by Crippen LogP contribution is -1.92. The van der Waals surface area contributed by atoms with Crippen molar-refractivity contribution < 1.29 is 14.7 Å². The Kier molecular flexibility index (Phi) is 5.93. The molecular formula is C8H13NO3. The molecule has 4 nitrogen and oxygen atoms in total. The maximum atomic E-state index is 9.67. The maximum Gasteiger partial charge on any atom is 0.300 e. The second-order valence-electron chi connectivity index (χ2n) is 2.68. The van der Waals surface area contributed by atoms with Gasteiger partial charge in [0.05, 0.1) is 6.04 Å². The maximum absolute atomic E-state index is 9.67. The topological polar surface area (TPSA) is 66.7 Å². The standard InChI is InChI=1S/C6H9NO.C2H4O2/c8-5-7-6-3-1-2-4-6;1-2(3)4/h6H,1-4H2;1H3,(H,3,4). The van der Waals surface area contributed by atoms with Gasteiger partial charge in [0, 0.05) is 6.92 Å². The number of hydrogen-bond donors (Lipinski definition) is 1. The first kappa shape index (κ1) is 10.8. The highest BCUT2D eigenvalue weighted by Gasteiger charge is 2.12. The molecular weight excluding hydrogens is 158 g/mol. The average Bonchev–Trinajstić information content (AvgIpc) is 2.39. The molecule has 1 N–H and O–H groups in total. The van der Waals surface area contributed by atoms with Crippen LogP contribution in [0.15, 0.2) is 4.99 Å². The van der Waals surface area contributed by atoms with Gasteiger partial charge in [-0.1, -0.05) is 12.8 Å². The summed E-state index contributed by atoms with van der Waals surface area (Å²) in [6.45, 7) is 1.08. The zero-order valence-corrected chi connectivity index (χ0v) is 7.12. The third-order valence-electron chi connectivity index (χ3n) is 1.56. The van der Waals surface area contributed by atoms with Gasteiger partial charge in [-0.25, -0.2) is 9.79 Å². The summed E-state index contributed by atoms with van der Waals surface area (Å²) in [4.78, 5) is 22.3. The molecule has 1 saturated carbocycles. The van der Waals surface area contributed by atoms with Crippen LogP contribution < -0.4 is 0 Å². The number of carboxylic acids is 1. The monoisotopic (exact) mass is 171 g/mol. The van der Waals surface area contributed by atoms with Gasteiger partial charge >= 0.3 is 0 Å². The minimum Gasteiger partial charge on any atom is -0.481 e. The minimum absolute atomic E-state index is 0.312. The molecule has 1 rings (SSSR count). The van der Waals surface area contributed by atoms with E-state index in [4.69, 9.17) is 9.90 Å². The van der Waals surface area contributed by atoms with Crippen molar-refractivity contribution >= 4 is 12.0 Å². The Labute approximate surface area is 71.3 Å². The fourth-order valence-electron chi connectivity index (χ4n) is 1.11. The van der Waals surface area contributed by atoms with Crippen molar-refractivity contribution in [2.75, 3.05) is 0 Å². The number of rotatable bonds is 1. The van der Waals surface area contributed by atoms with Crippen molar-refractivity contribution in [1.82, 2.24) is 0 Å². The van der Waals surface area contributed by atoms with Crippen molar-refractivity contribution in [3.63, 3.8) is 0 Å². The number of carbonyl (C=O) groups is 1. The molecule has 0 saturated heterocycles. The normalized spacial score (nSPS) is 15.8. The van der Waals surface area contributed by atoms with Crippen LogP contribution in [0.1, 0.15) is 32.6 Å². The molecule has 0 aromatic heterocycles. The van der Waals surface area contributed by atoms with E-state index in [1.54, 1.807) is 6.08 Å². The van der Waals surface area contributed by atoms with Gasteiger partial charge in [0.2, 0.25) is 6.08 Å². The molecule has 0 amide bonds. The third kappa shape index (κ3) is 6.96. The molecule has 0 aliphatic heterocycles. The predicted molar refractivity (Wildman–Crippen MR) is 43.7 cm³/mol. The number of hydrogen-bond acceptors (Lipinski definition) is 3. The molecule has 0 bridgehead atoms. The second kappa shape index (κ2) is 6.55. The van der Waals surface area contributed by atoms with Gasteiger partial charge in [0.25, 0.3) is 5.97 Å². The number of aliphatic imine (C=N–C) groups is 1. The lowest BCUT2D eigenvalue weighted by Gasteiger charge is -1.92. The quantitative estimate of drug-likeness (QED) is 0.478.